The minimum absolute atomic E-state index is 0.0457. The van der Waals surface area contributed by atoms with Crippen LogP contribution in [0.5, 0.6) is 0 Å². The summed E-state index contributed by atoms with van der Waals surface area (Å²) in [5.41, 5.74) is 6.19. The van der Waals surface area contributed by atoms with E-state index in [9.17, 15) is 12.8 Å². The molecule has 1 aliphatic rings. The van der Waals surface area contributed by atoms with Crippen LogP contribution < -0.4 is 5.73 Å². The van der Waals surface area contributed by atoms with Gasteiger partial charge in [-0.2, -0.15) is 4.31 Å². The quantitative estimate of drug-likeness (QED) is 0.932. The first-order valence-electron chi connectivity index (χ1n) is 7.28. The van der Waals surface area contributed by atoms with Crippen LogP contribution in [-0.4, -0.2) is 25.3 Å². The molecule has 0 bridgehead atoms. The molecule has 2 unspecified atom stereocenters. The Morgan fingerprint density at radius 3 is 2.62 bits per heavy atom. The van der Waals surface area contributed by atoms with Crippen molar-refractivity contribution in [3.05, 3.63) is 29.1 Å². The summed E-state index contributed by atoms with van der Waals surface area (Å²) in [7, 11) is -3.68. The predicted molar refractivity (Wildman–Crippen MR) is 80.8 cm³/mol. The Kier molecular flexibility index (Phi) is 4.70. The number of piperidine rings is 1. The van der Waals surface area contributed by atoms with Crippen molar-refractivity contribution in [1.29, 1.82) is 0 Å². The molecule has 0 aromatic heterocycles. The zero-order valence-corrected chi connectivity index (χ0v) is 13.6. The highest BCUT2D eigenvalue weighted by Crippen LogP contribution is 2.30. The molecular formula is C15H23FN2O2S. The van der Waals surface area contributed by atoms with E-state index in [1.165, 1.54) is 23.4 Å². The second kappa shape index (κ2) is 6.02. The van der Waals surface area contributed by atoms with E-state index >= 15 is 0 Å². The molecule has 1 saturated heterocycles. The van der Waals surface area contributed by atoms with E-state index in [4.69, 9.17) is 5.73 Å². The average molecular weight is 314 g/mol. The third-order valence-electron chi connectivity index (χ3n) is 4.26. The maximum Gasteiger partial charge on any atom is 0.243 e. The lowest BCUT2D eigenvalue weighted by atomic mass is 9.95. The fourth-order valence-corrected chi connectivity index (χ4v) is 4.90. The molecule has 6 heteroatoms. The minimum atomic E-state index is -3.68. The van der Waals surface area contributed by atoms with E-state index in [1.807, 2.05) is 6.92 Å². The first-order chi connectivity index (χ1) is 9.77. The standard InChI is InChI=1S/C15H23FN2O2S/c1-10-4-5-18(11(2)6-10)21(19,20)15-8-13(9-17)7-14(16)12(15)3/h7-8,10-11H,4-6,9,17H2,1-3H3. The summed E-state index contributed by atoms with van der Waals surface area (Å²) < 4.78 is 41.2. The summed E-state index contributed by atoms with van der Waals surface area (Å²) in [4.78, 5) is 0.0457. The smallest absolute Gasteiger partial charge is 0.243 e. The average Bonchev–Trinajstić information content (AvgIpc) is 2.40. The van der Waals surface area contributed by atoms with E-state index in [0.29, 0.717) is 18.0 Å². The third-order valence-corrected chi connectivity index (χ3v) is 6.40. The van der Waals surface area contributed by atoms with Crippen LogP contribution in [0.1, 0.15) is 37.8 Å². The number of sulfonamides is 1. The van der Waals surface area contributed by atoms with Gasteiger partial charge in [-0.1, -0.05) is 6.92 Å². The van der Waals surface area contributed by atoms with Crippen molar-refractivity contribution in [1.82, 2.24) is 4.31 Å². The predicted octanol–water partition coefficient (Wildman–Crippen LogP) is 2.40. The van der Waals surface area contributed by atoms with Crippen LogP contribution in [0.25, 0.3) is 0 Å². The van der Waals surface area contributed by atoms with E-state index in [0.717, 1.165) is 12.8 Å². The molecule has 0 radical (unpaired) electrons. The first-order valence-corrected chi connectivity index (χ1v) is 8.72. The molecule has 21 heavy (non-hydrogen) atoms. The van der Waals surface area contributed by atoms with Gasteiger partial charge in [-0.25, -0.2) is 12.8 Å². The molecule has 0 spiro atoms. The largest absolute Gasteiger partial charge is 0.326 e. The van der Waals surface area contributed by atoms with Crippen LogP contribution in [0.15, 0.2) is 17.0 Å². The highest BCUT2D eigenvalue weighted by atomic mass is 32.2. The first kappa shape index (κ1) is 16.4. The Morgan fingerprint density at radius 2 is 2.05 bits per heavy atom. The normalized spacial score (nSPS) is 24.2. The number of benzene rings is 1. The lowest BCUT2D eigenvalue weighted by Crippen LogP contribution is -2.44. The van der Waals surface area contributed by atoms with Crippen LogP contribution in [0.3, 0.4) is 0 Å². The van der Waals surface area contributed by atoms with Gasteiger partial charge in [0, 0.05) is 24.7 Å². The number of hydrogen-bond donors (Lipinski definition) is 1. The Labute approximate surface area is 126 Å². The summed E-state index contributed by atoms with van der Waals surface area (Å²) in [6, 6.07) is 2.73. The number of halogens is 1. The summed E-state index contributed by atoms with van der Waals surface area (Å²) in [5.74, 6) is -0.00536. The fraction of sp³-hybridized carbons (Fsp3) is 0.600. The zero-order chi connectivity index (χ0) is 15.8. The maximum absolute atomic E-state index is 13.9. The number of rotatable bonds is 3. The van der Waals surface area contributed by atoms with Gasteiger partial charge in [0.15, 0.2) is 0 Å². The Bertz CT molecular complexity index is 631. The summed E-state index contributed by atoms with van der Waals surface area (Å²) >= 11 is 0. The molecule has 0 saturated carbocycles. The molecule has 118 valence electrons. The van der Waals surface area contributed by atoms with Crippen LogP contribution in [-0.2, 0) is 16.6 Å². The van der Waals surface area contributed by atoms with Gasteiger partial charge in [0.2, 0.25) is 10.0 Å². The van der Waals surface area contributed by atoms with E-state index in [1.54, 1.807) is 0 Å². The Morgan fingerprint density at radius 1 is 1.38 bits per heavy atom. The minimum Gasteiger partial charge on any atom is -0.326 e. The van der Waals surface area contributed by atoms with Crippen LogP contribution in [0, 0.1) is 18.7 Å². The van der Waals surface area contributed by atoms with E-state index in [-0.39, 0.29) is 23.0 Å². The van der Waals surface area contributed by atoms with Gasteiger partial charge in [-0.3, -0.25) is 0 Å². The SMILES string of the molecule is Cc1c(F)cc(CN)cc1S(=O)(=O)N1CCC(C)CC1C. The number of nitrogens with zero attached hydrogens (tertiary/aromatic N) is 1. The highest BCUT2D eigenvalue weighted by Gasteiger charge is 2.34. The second-order valence-electron chi connectivity index (χ2n) is 6.00. The number of nitrogens with two attached hydrogens (primary N) is 1. The molecular weight excluding hydrogens is 291 g/mol. The maximum atomic E-state index is 13.9. The van der Waals surface area contributed by atoms with E-state index in [2.05, 4.69) is 6.92 Å². The summed E-state index contributed by atoms with van der Waals surface area (Å²) in [6.45, 7) is 6.14. The topological polar surface area (TPSA) is 63.4 Å². The Balaban J connectivity index is 2.47. The molecule has 2 rings (SSSR count). The molecule has 2 N–H and O–H groups in total. The molecule has 1 fully saturated rings. The molecule has 2 atom stereocenters. The van der Waals surface area contributed by atoms with Crippen LogP contribution in [0.2, 0.25) is 0 Å². The molecule has 0 aliphatic carbocycles. The monoisotopic (exact) mass is 314 g/mol. The molecule has 1 heterocycles. The van der Waals surface area contributed by atoms with Gasteiger partial charge in [0.1, 0.15) is 5.82 Å². The molecule has 1 aromatic carbocycles. The second-order valence-corrected chi connectivity index (χ2v) is 7.86. The van der Waals surface area contributed by atoms with E-state index < -0.39 is 15.8 Å². The van der Waals surface area contributed by atoms with Gasteiger partial charge in [-0.05, 0) is 50.3 Å². The van der Waals surface area contributed by atoms with Crippen molar-refractivity contribution in [3.8, 4) is 0 Å². The zero-order valence-electron chi connectivity index (χ0n) is 12.8. The van der Waals surface area contributed by atoms with Gasteiger partial charge in [0.25, 0.3) is 0 Å². The van der Waals surface area contributed by atoms with Crippen molar-refractivity contribution in [3.63, 3.8) is 0 Å². The van der Waals surface area contributed by atoms with Crippen molar-refractivity contribution in [2.45, 2.75) is 51.1 Å². The molecule has 0 amide bonds. The summed E-state index contributed by atoms with van der Waals surface area (Å²) in [5, 5.41) is 0. The van der Waals surface area contributed by atoms with Gasteiger partial charge < -0.3 is 5.73 Å². The highest BCUT2D eigenvalue weighted by molar-refractivity contribution is 7.89. The van der Waals surface area contributed by atoms with Crippen molar-refractivity contribution < 1.29 is 12.8 Å². The van der Waals surface area contributed by atoms with Crippen LogP contribution in [0.4, 0.5) is 4.39 Å². The van der Waals surface area contributed by atoms with Gasteiger partial charge in [0.05, 0.1) is 4.90 Å². The molecule has 1 aromatic rings. The lowest BCUT2D eigenvalue weighted by molar-refractivity contribution is 0.220. The van der Waals surface area contributed by atoms with Crippen molar-refractivity contribution in [2.24, 2.45) is 11.7 Å². The van der Waals surface area contributed by atoms with Crippen molar-refractivity contribution in [2.75, 3.05) is 6.54 Å². The lowest BCUT2D eigenvalue weighted by Gasteiger charge is -2.35. The Hall–Kier alpha value is -0.980. The van der Waals surface area contributed by atoms with Gasteiger partial charge >= 0.3 is 0 Å². The third kappa shape index (κ3) is 3.12. The van der Waals surface area contributed by atoms with Crippen LogP contribution >= 0.6 is 0 Å². The van der Waals surface area contributed by atoms with Gasteiger partial charge in [-0.15, -0.1) is 0 Å². The fourth-order valence-electron chi connectivity index (χ4n) is 2.96. The molecule has 1 aliphatic heterocycles. The summed E-state index contributed by atoms with van der Waals surface area (Å²) in [6.07, 6.45) is 1.67. The van der Waals surface area contributed by atoms with Crippen molar-refractivity contribution >= 4 is 10.0 Å². The number of hydrogen-bond acceptors (Lipinski definition) is 3. The molecule has 4 nitrogen and oxygen atoms in total.